The molecule has 8 nitrogen and oxygen atoms in total. The molecule has 0 fully saturated rings. The molecule has 0 aliphatic rings. The van der Waals surface area contributed by atoms with Crippen LogP contribution in [0.5, 0.6) is 0 Å². The second-order valence-corrected chi connectivity index (χ2v) is 4.70. The first kappa shape index (κ1) is 18.9. The van der Waals surface area contributed by atoms with Gasteiger partial charge in [-0.15, -0.1) is 0 Å². The fraction of sp³-hybridized carbons (Fsp3) is 0.533. The van der Waals surface area contributed by atoms with Crippen molar-refractivity contribution in [3.05, 3.63) is 34.4 Å². The number of carbonyl (C=O) groups excluding carboxylic acids is 1. The molecule has 0 atom stereocenters. The molecule has 0 saturated heterocycles. The molecule has 0 radical (unpaired) electrons. The highest BCUT2D eigenvalue weighted by molar-refractivity contribution is 5.84. The van der Waals surface area contributed by atoms with Gasteiger partial charge in [-0.05, 0) is 25.2 Å². The summed E-state index contributed by atoms with van der Waals surface area (Å²) in [5, 5.41) is 13.0. The third-order valence-electron chi connectivity index (χ3n) is 3.23. The maximum atomic E-state index is 11.5. The Balaban J connectivity index is 2.16. The zero-order chi connectivity index (χ0) is 17.1. The van der Waals surface area contributed by atoms with Gasteiger partial charge in [0, 0.05) is 24.4 Å². The van der Waals surface area contributed by atoms with E-state index in [4.69, 9.17) is 9.47 Å². The number of hydrogen-bond acceptors (Lipinski definition) is 6. The summed E-state index contributed by atoms with van der Waals surface area (Å²) in [4.78, 5) is 23.8. The van der Waals surface area contributed by atoms with Crippen LogP contribution in [-0.4, -0.2) is 55.4 Å². The van der Waals surface area contributed by atoms with Crippen molar-refractivity contribution in [1.29, 1.82) is 0 Å². The second-order valence-electron chi connectivity index (χ2n) is 4.70. The standard InChI is InChI=1S/C15H23N3O5/c1-3-17(4-2)9-10-22-11-12-23-15(19)16-13-5-7-14(8-6-13)18(20)21/h5-8H,3-4,9-12H2,1-2H3,(H,16,19). The Bertz CT molecular complexity index is 488. The SMILES string of the molecule is CCN(CC)CCOCCOC(=O)Nc1ccc([N+](=O)[O-])cc1. The van der Waals surface area contributed by atoms with E-state index in [0.717, 1.165) is 19.6 Å². The Morgan fingerprint density at radius 3 is 2.39 bits per heavy atom. The lowest BCUT2D eigenvalue weighted by Crippen LogP contribution is -2.27. The molecule has 0 aliphatic carbocycles. The number of benzene rings is 1. The highest BCUT2D eigenvalue weighted by atomic mass is 16.6. The minimum absolute atomic E-state index is 0.0366. The van der Waals surface area contributed by atoms with Crippen LogP contribution in [0, 0.1) is 10.1 Å². The normalized spacial score (nSPS) is 10.6. The Kier molecular flexibility index (Phi) is 8.63. The number of carbonyl (C=O) groups is 1. The van der Waals surface area contributed by atoms with Crippen molar-refractivity contribution in [3.63, 3.8) is 0 Å². The molecule has 0 heterocycles. The molecule has 23 heavy (non-hydrogen) atoms. The fourth-order valence-electron chi connectivity index (χ4n) is 1.85. The van der Waals surface area contributed by atoms with Gasteiger partial charge in [0.1, 0.15) is 6.61 Å². The monoisotopic (exact) mass is 325 g/mol. The van der Waals surface area contributed by atoms with Crippen LogP contribution >= 0.6 is 0 Å². The zero-order valence-electron chi connectivity index (χ0n) is 13.5. The first-order valence-electron chi connectivity index (χ1n) is 7.55. The minimum Gasteiger partial charge on any atom is -0.447 e. The van der Waals surface area contributed by atoms with Crippen LogP contribution in [0.4, 0.5) is 16.2 Å². The van der Waals surface area contributed by atoms with E-state index in [1.165, 1.54) is 24.3 Å². The van der Waals surface area contributed by atoms with Crippen LogP contribution in [0.1, 0.15) is 13.8 Å². The average Bonchev–Trinajstić information content (AvgIpc) is 2.54. The van der Waals surface area contributed by atoms with Gasteiger partial charge in [0.15, 0.2) is 0 Å². The second kappa shape index (κ2) is 10.5. The van der Waals surface area contributed by atoms with E-state index in [9.17, 15) is 14.9 Å². The van der Waals surface area contributed by atoms with Crippen molar-refractivity contribution in [2.75, 3.05) is 44.8 Å². The molecule has 0 unspecified atom stereocenters. The summed E-state index contributed by atoms with van der Waals surface area (Å²) in [6, 6.07) is 5.51. The van der Waals surface area contributed by atoms with E-state index in [0.29, 0.717) is 18.9 Å². The van der Waals surface area contributed by atoms with Crippen LogP contribution < -0.4 is 5.32 Å². The number of non-ortho nitro benzene ring substituents is 1. The van der Waals surface area contributed by atoms with Gasteiger partial charge in [0.2, 0.25) is 0 Å². The van der Waals surface area contributed by atoms with E-state index in [-0.39, 0.29) is 12.3 Å². The third kappa shape index (κ3) is 7.57. The van der Waals surface area contributed by atoms with Gasteiger partial charge in [-0.1, -0.05) is 13.8 Å². The van der Waals surface area contributed by atoms with Crippen molar-refractivity contribution in [1.82, 2.24) is 4.90 Å². The highest BCUT2D eigenvalue weighted by Crippen LogP contribution is 2.15. The first-order chi connectivity index (χ1) is 11.1. The molecule has 1 N–H and O–H groups in total. The molecular weight excluding hydrogens is 302 g/mol. The van der Waals surface area contributed by atoms with Crippen molar-refractivity contribution in [2.24, 2.45) is 0 Å². The Labute approximate surface area is 135 Å². The van der Waals surface area contributed by atoms with Gasteiger partial charge >= 0.3 is 6.09 Å². The Morgan fingerprint density at radius 2 is 1.83 bits per heavy atom. The minimum atomic E-state index is -0.619. The number of nitrogens with one attached hydrogen (secondary N) is 1. The van der Waals surface area contributed by atoms with Crippen molar-refractivity contribution >= 4 is 17.5 Å². The van der Waals surface area contributed by atoms with Gasteiger partial charge in [-0.25, -0.2) is 4.79 Å². The zero-order valence-corrected chi connectivity index (χ0v) is 13.5. The molecule has 0 spiro atoms. The van der Waals surface area contributed by atoms with E-state index in [1.54, 1.807) is 0 Å². The summed E-state index contributed by atoms with van der Waals surface area (Å²) in [6.45, 7) is 8.06. The van der Waals surface area contributed by atoms with Crippen molar-refractivity contribution < 1.29 is 19.2 Å². The molecule has 8 heteroatoms. The van der Waals surface area contributed by atoms with Crippen LogP contribution in [0.25, 0.3) is 0 Å². The summed E-state index contributed by atoms with van der Waals surface area (Å²) in [5.74, 6) is 0. The lowest BCUT2D eigenvalue weighted by Gasteiger charge is -2.17. The van der Waals surface area contributed by atoms with Crippen LogP contribution in [0.2, 0.25) is 0 Å². The number of nitro benzene ring substituents is 1. The van der Waals surface area contributed by atoms with Gasteiger partial charge < -0.3 is 14.4 Å². The van der Waals surface area contributed by atoms with Crippen LogP contribution in [0.3, 0.4) is 0 Å². The summed E-state index contributed by atoms with van der Waals surface area (Å²) >= 11 is 0. The predicted molar refractivity (Wildman–Crippen MR) is 86.7 cm³/mol. The summed E-state index contributed by atoms with van der Waals surface area (Å²) in [5.41, 5.74) is 0.397. The van der Waals surface area contributed by atoms with Crippen molar-refractivity contribution in [2.45, 2.75) is 13.8 Å². The highest BCUT2D eigenvalue weighted by Gasteiger charge is 2.07. The first-order valence-corrected chi connectivity index (χ1v) is 7.55. The Hall–Kier alpha value is -2.19. The number of amides is 1. The molecule has 1 aromatic rings. The smallest absolute Gasteiger partial charge is 0.411 e. The molecule has 1 rings (SSSR count). The summed E-state index contributed by atoms with van der Waals surface area (Å²) in [6.07, 6.45) is -0.619. The molecule has 128 valence electrons. The predicted octanol–water partition coefficient (Wildman–Crippen LogP) is 2.50. The van der Waals surface area contributed by atoms with E-state index in [2.05, 4.69) is 24.1 Å². The number of nitro groups is 1. The maximum absolute atomic E-state index is 11.5. The summed E-state index contributed by atoms with van der Waals surface area (Å²) in [7, 11) is 0. The van der Waals surface area contributed by atoms with Gasteiger partial charge in [-0.3, -0.25) is 15.4 Å². The molecular formula is C15H23N3O5. The maximum Gasteiger partial charge on any atom is 0.411 e. The number of hydrogen-bond donors (Lipinski definition) is 1. The van der Waals surface area contributed by atoms with Crippen LogP contribution in [-0.2, 0) is 9.47 Å². The lowest BCUT2D eigenvalue weighted by atomic mass is 10.3. The van der Waals surface area contributed by atoms with Gasteiger partial charge in [-0.2, -0.15) is 0 Å². The number of ether oxygens (including phenoxy) is 2. The average molecular weight is 325 g/mol. The third-order valence-corrected chi connectivity index (χ3v) is 3.23. The van der Waals surface area contributed by atoms with Gasteiger partial charge in [0.05, 0.1) is 18.1 Å². The molecule has 1 amide bonds. The number of rotatable bonds is 10. The molecule has 1 aromatic carbocycles. The fourth-order valence-corrected chi connectivity index (χ4v) is 1.85. The largest absolute Gasteiger partial charge is 0.447 e. The quantitative estimate of drug-likeness (QED) is 0.403. The molecule has 0 aromatic heterocycles. The summed E-state index contributed by atoms with van der Waals surface area (Å²) < 4.78 is 10.3. The lowest BCUT2D eigenvalue weighted by molar-refractivity contribution is -0.384. The Morgan fingerprint density at radius 1 is 1.17 bits per heavy atom. The number of likely N-dealkylation sites (N-methyl/N-ethyl adjacent to an activating group) is 1. The molecule has 0 saturated carbocycles. The van der Waals surface area contributed by atoms with Crippen LogP contribution in [0.15, 0.2) is 24.3 Å². The van der Waals surface area contributed by atoms with E-state index >= 15 is 0 Å². The molecule has 0 bridgehead atoms. The molecule has 0 aliphatic heterocycles. The topological polar surface area (TPSA) is 93.9 Å². The number of nitrogens with zero attached hydrogens (tertiary/aromatic N) is 2. The van der Waals surface area contributed by atoms with E-state index < -0.39 is 11.0 Å². The number of anilines is 1. The van der Waals surface area contributed by atoms with Crippen molar-refractivity contribution in [3.8, 4) is 0 Å². The van der Waals surface area contributed by atoms with E-state index in [1.807, 2.05) is 0 Å². The van der Waals surface area contributed by atoms with Gasteiger partial charge in [0.25, 0.3) is 5.69 Å².